The average molecular weight is 595 g/mol. The van der Waals surface area contributed by atoms with Crippen molar-refractivity contribution in [3.63, 3.8) is 0 Å². The Morgan fingerprint density at radius 2 is 1.29 bits per heavy atom. The van der Waals surface area contributed by atoms with E-state index in [0.29, 0.717) is 11.7 Å². The Kier molecular flexibility index (Phi) is 8.09. The molecule has 0 amide bonds. The maximum Gasteiger partial charge on any atom is 0.267 e. The topological polar surface area (TPSA) is 39.2 Å². The Balaban J connectivity index is 0.00000274. The van der Waals surface area contributed by atoms with Gasteiger partial charge in [0.15, 0.2) is 13.0 Å². The van der Waals surface area contributed by atoms with E-state index in [2.05, 4.69) is 97.6 Å². The lowest BCUT2D eigenvalue weighted by atomic mass is 10.4. The highest BCUT2D eigenvalue weighted by Gasteiger charge is 2.53. The molecule has 0 fully saturated rings. The van der Waals surface area contributed by atoms with E-state index in [4.69, 9.17) is 13.8 Å². The third kappa shape index (κ3) is 4.52. The van der Waals surface area contributed by atoms with Gasteiger partial charge in [0.25, 0.3) is 11.3 Å². The zero-order chi connectivity index (χ0) is 22.5. The van der Waals surface area contributed by atoms with Crippen LogP contribution in [0.15, 0.2) is 136 Å². The number of nitrogens with zero attached hydrogens (tertiary/aromatic N) is 1. The van der Waals surface area contributed by atoms with Gasteiger partial charge in [-0.2, -0.15) is 4.98 Å². The first-order valence-corrected chi connectivity index (χ1v) is 13.5. The average Bonchev–Trinajstić information content (AvgIpc) is 3.56. The van der Waals surface area contributed by atoms with Crippen LogP contribution in [0, 0.1) is 0 Å². The third-order valence-electron chi connectivity index (χ3n) is 5.39. The van der Waals surface area contributed by atoms with Gasteiger partial charge in [-0.05, 0) is 48.5 Å². The van der Waals surface area contributed by atoms with Crippen LogP contribution >= 0.6 is 19.0 Å². The molecule has 0 aliphatic rings. The van der Waals surface area contributed by atoms with E-state index < -0.39 is 7.26 Å². The molecular formula is C28H23INO2PS. The highest BCUT2D eigenvalue weighted by atomic mass is 127. The van der Waals surface area contributed by atoms with Crippen molar-refractivity contribution < 1.29 is 32.8 Å². The van der Waals surface area contributed by atoms with Crippen molar-refractivity contribution in [1.82, 2.24) is 4.98 Å². The first-order chi connectivity index (χ1) is 16.3. The van der Waals surface area contributed by atoms with Gasteiger partial charge in [0.1, 0.15) is 15.9 Å². The number of hydrogen-bond donors (Lipinski definition) is 0. The van der Waals surface area contributed by atoms with Crippen LogP contribution in [0.4, 0.5) is 0 Å². The van der Waals surface area contributed by atoms with Crippen molar-refractivity contribution in [1.29, 1.82) is 0 Å². The fraction of sp³-hybridized carbons (Fsp3) is 0.0357. The normalized spacial score (nSPS) is 11.1. The van der Waals surface area contributed by atoms with Gasteiger partial charge in [0, 0.05) is 5.75 Å². The first-order valence-electron chi connectivity index (χ1n) is 10.7. The molecule has 0 spiro atoms. The maximum absolute atomic E-state index is 6.37. The molecule has 34 heavy (non-hydrogen) atoms. The summed E-state index contributed by atoms with van der Waals surface area (Å²) in [6.45, 7) is 3.91. The van der Waals surface area contributed by atoms with E-state index in [0.717, 1.165) is 16.3 Å². The summed E-state index contributed by atoms with van der Waals surface area (Å²) in [6.07, 6.45) is 3.53. The molecule has 170 valence electrons. The molecule has 0 bridgehead atoms. The molecule has 5 rings (SSSR count). The number of rotatable bonds is 8. The summed E-state index contributed by atoms with van der Waals surface area (Å²) in [5.41, 5.74) is 0.948. The van der Waals surface area contributed by atoms with Gasteiger partial charge in [0.2, 0.25) is 5.09 Å². The molecule has 2 aromatic heterocycles. The van der Waals surface area contributed by atoms with Crippen molar-refractivity contribution in [2.75, 3.05) is 5.75 Å². The van der Waals surface area contributed by atoms with Gasteiger partial charge < -0.3 is 32.8 Å². The molecule has 5 aromatic rings. The lowest BCUT2D eigenvalue weighted by molar-refractivity contribution is -0.00000719. The molecule has 0 saturated heterocycles. The molecule has 0 saturated carbocycles. The highest BCUT2D eigenvalue weighted by molar-refractivity contribution is 8.04. The molecule has 0 aliphatic heterocycles. The molecule has 0 radical (unpaired) electrons. The minimum Gasteiger partial charge on any atom is -1.00 e. The summed E-state index contributed by atoms with van der Waals surface area (Å²) in [5, 5.41) is 4.47. The Morgan fingerprint density at radius 3 is 1.74 bits per heavy atom. The highest BCUT2D eigenvalue weighted by Crippen LogP contribution is 2.56. The fourth-order valence-corrected chi connectivity index (χ4v) is 9.25. The number of hydrogen-bond acceptors (Lipinski definition) is 4. The first kappa shape index (κ1) is 24.5. The standard InChI is InChI=1S/C28H23NO2PS.HI/c1-2-21-33-28-27(29-26(31-28)25-19-12-20-30-25)32(22-13-6-3-7-14-22,23-15-8-4-9-16-23)24-17-10-5-11-18-24;/h2-20H,1,21H2;1H/q+1;/p-1. The lowest BCUT2D eigenvalue weighted by Gasteiger charge is -2.25. The summed E-state index contributed by atoms with van der Waals surface area (Å²) in [5.74, 6) is 1.83. The van der Waals surface area contributed by atoms with Crippen molar-refractivity contribution in [2.45, 2.75) is 5.09 Å². The monoisotopic (exact) mass is 595 g/mol. The smallest absolute Gasteiger partial charge is 0.267 e. The zero-order valence-electron chi connectivity index (χ0n) is 18.4. The Labute approximate surface area is 221 Å². The quantitative estimate of drug-likeness (QED) is 0.120. The number of benzene rings is 3. The summed E-state index contributed by atoms with van der Waals surface area (Å²) in [6, 6.07) is 35.7. The molecular weight excluding hydrogens is 572 g/mol. The van der Waals surface area contributed by atoms with E-state index in [1.165, 1.54) is 15.9 Å². The third-order valence-corrected chi connectivity index (χ3v) is 10.6. The number of halogens is 1. The van der Waals surface area contributed by atoms with Gasteiger partial charge in [-0.25, -0.2) is 0 Å². The van der Waals surface area contributed by atoms with Crippen molar-refractivity contribution in [3.8, 4) is 11.7 Å². The number of aromatic nitrogens is 1. The van der Waals surface area contributed by atoms with Crippen LogP contribution in [-0.2, 0) is 0 Å². The van der Waals surface area contributed by atoms with E-state index in [1.54, 1.807) is 18.0 Å². The summed E-state index contributed by atoms with van der Waals surface area (Å²) in [7, 11) is -2.37. The van der Waals surface area contributed by atoms with E-state index in [9.17, 15) is 0 Å². The molecule has 0 N–H and O–H groups in total. The molecule has 6 heteroatoms. The molecule has 0 unspecified atom stereocenters. The predicted octanol–water partition coefficient (Wildman–Crippen LogP) is 2.84. The van der Waals surface area contributed by atoms with Crippen LogP contribution in [0.1, 0.15) is 0 Å². The molecule has 0 atom stereocenters. The van der Waals surface area contributed by atoms with E-state index >= 15 is 0 Å². The zero-order valence-corrected chi connectivity index (χ0v) is 22.2. The largest absolute Gasteiger partial charge is 1.00 e. The molecule has 3 nitrogen and oxygen atoms in total. The van der Waals surface area contributed by atoms with Crippen molar-refractivity contribution in [2.24, 2.45) is 0 Å². The SMILES string of the molecule is C=CCSc1oc(-c2ccco2)nc1[P+](c1ccccc1)(c1ccccc1)c1ccccc1.[I-]. The lowest BCUT2D eigenvalue weighted by Crippen LogP contribution is -3.00. The van der Waals surface area contributed by atoms with Crippen molar-refractivity contribution in [3.05, 3.63) is 122 Å². The maximum atomic E-state index is 6.37. The van der Waals surface area contributed by atoms with Crippen LogP contribution in [0.25, 0.3) is 11.7 Å². The minimum atomic E-state index is -2.37. The van der Waals surface area contributed by atoms with Gasteiger partial charge >= 0.3 is 0 Å². The number of thioether (sulfide) groups is 1. The second-order valence-corrected chi connectivity index (χ2v) is 11.7. The Morgan fingerprint density at radius 1 is 0.765 bits per heavy atom. The van der Waals surface area contributed by atoms with Gasteiger partial charge in [-0.1, -0.05) is 72.4 Å². The van der Waals surface area contributed by atoms with Crippen molar-refractivity contribution >= 4 is 40.4 Å². The second-order valence-electron chi connectivity index (χ2n) is 7.38. The number of oxazole rings is 1. The van der Waals surface area contributed by atoms with Gasteiger partial charge in [0.05, 0.1) is 6.26 Å². The summed E-state index contributed by atoms with van der Waals surface area (Å²) < 4.78 is 12.0. The van der Waals surface area contributed by atoms with Crippen LogP contribution in [-0.4, -0.2) is 10.7 Å². The van der Waals surface area contributed by atoms with E-state index in [-0.39, 0.29) is 24.0 Å². The van der Waals surface area contributed by atoms with Crippen LogP contribution < -0.4 is 45.3 Å². The van der Waals surface area contributed by atoms with Crippen LogP contribution in [0.3, 0.4) is 0 Å². The minimum absolute atomic E-state index is 0. The second kappa shape index (κ2) is 11.2. The predicted molar refractivity (Wildman–Crippen MR) is 140 cm³/mol. The fourth-order valence-electron chi connectivity index (χ4n) is 4.01. The van der Waals surface area contributed by atoms with Crippen LogP contribution in [0.5, 0.6) is 0 Å². The Bertz CT molecular complexity index is 1230. The Hall–Kier alpha value is -2.60. The van der Waals surface area contributed by atoms with Gasteiger partial charge in [-0.3, -0.25) is 0 Å². The number of furan rings is 1. The summed E-state index contributed by atoms with van der Waals surface area (Å²) in [4.78, 5) is 5.14. The molecule has 3 aromatic carbocycles. The van der Waals surface area contributed by atoms with E-state index in [1.807, 2.05) is 18.2 Å². The summed E-state index contributed by atoms with van der Waals surface area (Å²) >= 11 is 1.61. The molecule has 0 aliphatic carbocycles. The van der Waals surface area contributed by atoms with Crippen LogP contribution in [0.2, 0.25) is 0 Å². The molecule has 2 heterocycles. The van der Waals surface area contributed by atoms with Gasteiger partial charge in [-0.15, -0.1) is 6.58 Å².